The monoisotopic (exact) mass is 708 g/mol. The van der Waals surface area contributed by atoms with Crippen LogP contribution in [0.4, 0.5) is 0 Å². The third kappa shape index (κ3) is 5.38. The van der Waals surface area contributed by atoms with Crippen molar-refractivity contribution in [2.45, 2.75) is 0 Å². The summed E-state index contributed by atoms with van der Waals surface area (Å²) in [5.74, 6) is 0. The summed E-state index contributed by atoms with van der Waals surface area (Å²) < 4.78 is 0. The number of hydrogen-bond donors (Lipinski definition) is 0. The molecule has 0 fully saturated rings. The highest BCUT2D eigenvalue weighted by Gasteiger charge is 2.20. The van der Waals surface area contributed by atoms with E-state index in [0.29, 0.717) is 0 Å². The molecule has 11 aromatic rings. The van der Waals surface area contributed by atoms with Gasteiger partial charge in [-0.2, -0.15) is 0 Å². The number of fused-ring (bicyclic) bond motifs is 5. The molecule has 0 saturated carbocycles. The van der Waals surface area contributed by atoms with Crippen molar-refractivity contribution in [1.29, 1.82) is 0 Å². The maximum atomic E-state index is 2.45. The van der Waals surface area contributed by atoms with Crippen molar-refractivity contribution in [3.63, 3.8) is 0 Å². The lowest BCUT2D eigenvalue weighted by Crippen LogP contribution is -1.93. The summed E-state index contributed by atoms with van der Waals surface area (Å²) >= 11 is 0. The molecule has 0 nitrogen and oxygen atoms in total. The molecular weight excluding hydrogens is 673 g/mol. The fourth-order valence-corrected chi connectivity index (χ4v) is 8.99. The van der Waals surface area contributed by atoms with Gasteiger partial charge >= 0.3 is 0 Å². The molecule has 0 amide bonds. The molecule has 0 bridgehead atoms. The summed E-state index contributed by atoms with van der Waals surface area (Å²) in [6.07, 6.45) is 0. The van der Waals surface area contributed by atoms with Crippen LogP contribution in [0.5, 0.6) is 0 Å². The van der Waals surface area contributed by atoms with E-state index in [1.165, 1.54) is 109 Å². The summed E-state index contributed by atoms with van der Waals surface area (Å²) in [5, 5.41) is 12.5. The molecule has 0 heterocycles. The lowest BCUT2D eigenvalue weighted by molar-refractivity contribution is 1.59. The Morgan fingerprint density at radius 1 is 0.179 bits per heavy atom. The zero-order valence-corrected chi connectivity index (χ0v) is 30.8. The highest BCUT2D eigenvalue weighted by Crippen LogP contribution is 2.47. The third-order valence-electron chi connectivity index (χ3n) is 11.6. The van der Waals surface area contributed by atoms with Crippen molar-refractivity contribution in [3.8, 4) is 55.6 Å². The molecule has 0 radical (unpaired) electrons. The second-order valence-electron chi connectivity index (χ2n) is 14.8. The van der Waals surface area contributed by atoms with Crippen LogP contribution in [-0.4, -0.2) is 0 Å². The summed E-state index contributed by atoms with van der Waals surface area (Å²) in [6, 6.07) is 80.6. The lowest BCUT2D eigenvalue weighted by atomic mass is 9.83. The molecule has 11 rings (SSSR count). The first-order chi connectivity index (χ1) is 27.8. The first kappa shape index (κ1) is 32.2. The third-order valence-corrected chi connectivity index (χ3v) is 11.6. The summed E-state index contributed by atoms with van der Waals surface area (Å²) in [6.45, 7) is 0. The van der Waals surface area contributed by atoms with Crippen LogP contribution >= 0.6 is 0 Å². The van der Waals surface area contributed by atoms with Gasteiger partial charge in [-0.05, 0) is 140 Å². The molecule has 0 aliphatic carbocycles. The van der Waals surface area contributed by atoms with E-state index in [2.05, 4.69) is 218 Å². The van der Waals surface area contributed by atoms with Crippen molar-refractivity contribution in [2.24, 2.45) is 0 Å². The smallest absolute Gasteiger partial charge is 0.00257 e. The second-order valence-corrected chi connectivity index (χ2v) is 14.8. The van der Waals surface area contributed by atoms with E-state index >= 15 is 0 Å². The molecule has 0 spiro atoms. The van der Waals surface area contributed by atoms with Gasteiger partial charge in [0.25, 0.3) is 0 Å². The van der Waals surface area contributed by atoms with Gasteiger partial charge in [0.2, 0.25) is 0 Å². The van der Waals surface area contributed by atoms with Crippen LogP contribution < -0.4 is 0 Å². The molecule has 0 saturated heterocycles. The minimum Gasteiger partial charge on any atom is -0.0622 e. The quantitative estimate of drug-likeness (QED) is 0.156. The first-order valence-electron chi connectivity index (χ1n) is 19.4. The molecular formula is C56H36. The maximum absolute atomic E-state index is 2.45. The minimum atomic E-state index is 1.20. The van der Waals surface area contributed by atoms with Crippen molar-refractivity contribution in [3.05, 3.63) is 218 Å². The number of benzene rings is 11. The Morgan fingerprint density at radius 2 is 0.661 bits per heavy atom. The van der Waals surface area contributed by atoms with Gasteiger partial charge in [-0.15, -0.1) is 0 Å². The summed E-state index contributed by atoms with van der Waals surface area (Å²) in [7, 11) is 0. The van der Waals surface area contributed by atoms with Crippen molar-refractivity contribution >= 4 is 53.9 Å². The maximum Gasteiger partial charge on any atom is -0.00257 e. The number of rotatable bonds is 5. The van der Waals surface area contributed by atoms with Crippen molar-refractivity contribution in [2.75, 3.05) is 0 Å². The largest absolute Gasteiger partial charge is 0.0622 e. The zero-order valence-electron chi connectivity index (χ0n) is 30.8. The predicted molar refractivity (Wildman–Crippen MR) is 241 cm³/mol. The minimum absolute atomic E-state index is 1.20. The molecule has 0 aromatic heterocycles. The van der Waals surface area contributed by atoms with E-state index in [1.807, 2.05) is 0 Å². The van der Waals surface area contributed by atoms with Gasteiger partial charge in [-0.25, -0.2) is 0 Å². The van der Waals surface area contributed by atoms with Crippen molar-refractivity contribution < 1.29 is 0 Å². The Hall–Kier alpha value is -7.28. The Morgan fingerprint density at radius 3 is 1.36 bits per heavy atom. The van der Waals surface area contributed by atoms with Gasteiger partial charge in [0.1, 0.15) is 0 Å². The molecule has 56 heavy (non-hydrogen) atoms. The topological polar surface area (TPSA) is 0 Å². The van der Waals surface area contributed by atoms with Crippen LogP contribution in [0.3, 0.4) is 0 Å². The molecule has 260 valence electrons. The molecule has 0 aliphatic rings. The van der Waals surface area contributed by atoms with E-state index < -0.39 is 0 Å². The predicted octanol–water partition coefficient (Wildman–Crippen LogP) is 15.8. The molecule has 11 aromatic carbocycles. The number of hydrogen-bond acceptors (Lipinski definition) is 0. The average molecular weight is 709 g/mol. The second kappa shape index (κ2) is 13.2. The molecule has 0 aliphatic heterocycles. The summed E-state index contributed by atoms with van der Waals surface area (Å²) in [5.41, 5.74) is 12.2. The van der Waals surface area contributed by atoms with Crippen LogP contribution in [0.2, 0.25) is 0 Å². The highest BCUT2D eigenvalue weighted by molar-refractivity contribution is 6.23. The molecule has 0 N–H and O–H groups in total. The Bertz CT molecular complexity index is 3290. The molecule has 0 heteroatoms. The van der Waals surface area contributed by atoms with E-state index in [4.69, 9.17) is 0 Å². The van der Waals surface area contributed by atoms with Crippen molar-refractivity contribution in [1.82, 2.24) is 0 Å². The van der Waals surface area contributed by atoms with Gasteiger partial charge in [0.05, 0.1) is 0 Å². The Balaban J connectivity index is 1.27. The average Bonchev–Trinajstić information content (AvgIpc) is 3.27. The van der Waals surface area contributed by atoms with Gasteiger partial charge in [0.15, 0.2) is 0 Å². The summed E-state index contributed by atoms with van der Waals surface area (Å²) in [4.78, 5) is 0. The van der Waals surface area contributed by atoms with Crippen LogP contribution in [0.1, 0.15) is 0 Å². The van der Waals surface area contributed by atoms with Gasteiger partial charge in [-0.3, -0.25) is 0 Å². The fraction of sp³-hybridized carbons (Fsp3) is 0. The molecule has 0 atom stereocenters. The molecule has 0 unspecified atom stereocenters. The van der Waals surface area contributed by atoms with Crippen LogP contribution in [-0.2, 0) is 0 Å². The lowest BCUT2D eigenvalue weighted by Gasteiger charge is -2.20. The van der Waals surface area contributed by atoms with Gasteiger partial charge < -0.3 is 0 Å². The standard InChI is InChI=1S/C56H36/c1-2-14-37(15-3-1)44-33-45(50-27-13-21-40-18-7-9-23-48(40)50)35-46(34-44)56-52-25-11-10-24-51(52)55(43-29-28-38-16-4-5-19-41(38)32-43)53-31-30-42(36-54(53)56)49-26-12-20-39-17-6-8-22-47(39)49/h1-36H. The van der Waals surface area contributed by atoms with E-state index in [1.54, 1.807) is 0 Å². The van der Waals surface area contributed by atoms with Gasteiger partial charge in [-0.1, -0.05) is 188 Å². The Kier molecular flexibility index (Phi) is 7.60. The van der Waals surface area contributed by atoms with E-state index in [9.17, 15) is 0 Å². The zero-order chi connectivity index (χ0) is 37.0. The Labute approximate surface area is 326 Å². The van der Waals surface area contributed by atoms with Crippen LogP contribution in [0.15, 0.2) is 218 Å². The van der Waals surface area contributed by atoms with Gasteiger partial charge in [0, 0.05) is 0 Å². The normalized spacial score (nSPS) is 11.6. The van der Waals surface area contributed by atoms with E-state index in [-0.39, 0.29) is 0 Å². The van der Waals surface area contributed by atoms with Crippen LogP contribution in [0.25, 0.3) is 109 Å². The van der Waals surface area contributed by atoms with Crippen LogP contribution in [0, 0.1) is 0 Å². The first-order valence-corrected chi connectivity index (χ1v) is 19.4. The SMILES string of the molecule is c1ccc(-c2cc(-c3cccc4ccccc34)cc(-c3c4ccccc4c(-c4ccc5ccccc5c4)c4ccc(-c5cccc6ccccc56)cc34)c2)cc1. The van der Waals surface area contributed by atoms with E-state index in [0.717, 1.165) is 0 Å². The fourth-order valence-electron chi connectivity index (χ4n) is 8.99. The highest BCUT2D eigenvalue weighted by atomic mass is 14.2.